The lowest BCUT2D eigenvalue weighted by molar-refractivity contribution is 0.512. The Morgan fingerprint density at radius 2 is 1.90 bits per heavy atom. The van der Waals surface area contributed by atoms with E-state index in [4.69, 9.17) is 10.2 Å². The van der Waals surface area contributed by atoms with Crippen LogP contribution in [0.15, 0.2) is 41.0 Å². The van der Waals surface area contributed by atoms with Gasteiger partial charge in [-0.25, -0.2) is 9.97 Å². The van der Waals surface area contributed by atoms with Gasteiger partial charge in [0.2, 0.25) is 0 Å². The number of hydrogen-bond donors (Lipinski definition) is 1. The molecule has 0 saturated heterocycles. The van der Waals surface area contributed by atoms with Crippen molar-refractivity contribution < 1.29 is 4.42 Å². The molecule has 0 amide bonds. The molecule has 0 aliphatic rings. The van der Waals surface area contributed by atoms with Crippen LogP contribution in [0.5, 0.6) is 0 Å². The van der Waals surface area contributed by atoms with Crippen LogP contribution in [0.4, 0.5) is 0 Å². The molecule has 0 fully saturated rings. The van der Waals surface area contributed by atoms with Crippen molar-refractivity contribution in [2.24, 2.45) is 5.73 Å². The first-order chi connectivity index (χ1) is 9.45. The van der Waals surface area contributed by atoms with Crippen molar-refractivity contribution in [3.63, 3.8) is 0 Å². The van der Waals surface area contributed by atoms with Gasteiger partial charge < -0.3 is 10.2 Å². The summed E-state index contributed by atoms with van der Waals surface area (Å²) in [6.45, 7) is 5.75. The maximum Gasteiger partial charge on any atom is 0.148 e. The number of para-hydroxylation sites is 1. The van der Waals surface area contributed by atoms with Crippen LogP contribution in [0.2, 0.25) is 0 Å². The summed E-state index contributed by atoms with van der Waals surface area (Å²) in [6, 6.07) is 9.87. The van der Waals surface area contributed by atoms with Crippen molar-refractivity contribution in [1.29, 1.82) is 0 Å². The van der Waals surface area contributed by atoms with Gasteiger partial charge in [-0.1, -0.05) is 18.2 Å². The summed E-state index contributed by atoms with van der Waals surface area (Å²) >= 11 is 0. The third-order valence-corrected chi connectivity index (χ3v) is 3.19. The van der Waals surface area contributed by atoms with Crippen LogP contribution in [-0.2, 0) is 5.54 Å². The van der Waals surface area contributed by atoms with E-state index in [1.807, 2.05) is 51.1 Å². The van der Waals surface area contributed by atoms with E-state index < -0.39 is 5.54 Å². The monoisotopic (exact) mass is 267 g/mol. The average Bonchev–Trinajstić information content (AvgIpc) is 2.80. The second kappa shape index (κ2) is 4.42. The van der Waals surface area contributed by atoms with Gasteiger partial charge in [-0.15, -0.1) is 0 Å². The normalized spacial score (nSPS) is 12.0. The average molecular weight is 267 g/mol. The Balaban J connectivity index is 2.22. The van der Waals surface area contributed by atoms with Crippen LogP contribution in [0.1, 0.15) is 25.4 Å². The first-order valence-electron chi connectivity index (χ1n) is 6.57. The molecular weight excluding hydrogens is 250 g/mol. The van der Waals surface area contributed by atoms with Crippen LogP contribution in [-0.4, -0.2) is 9.97 Å². The summed E-state index contributed by atoms with van der Waals surface area (Å²) in [4.78, 5) is 9.03. The van der Waals surface area contributed by atoms with E-state index in [2.05, 4.69) is 9.97 Å². The van der Waals surface area contributed by atoms with E-state index >= 15 is 0 Å². The number of rotatable bonds is 2. The van der Waals surface area contributed by atoms with E-state index in [-0.39, 0.29) is 0 Å². The molecule has 0 unspecified atom stereocenters. The number of aryl methyl sites for hydroxylation is 1. The minimum atomic E-state index is -0.569. The van der Waals surface area contributed by atoms with Crippen molar-refractivity contribution >= 4 is 11.0 Å². The highest BCUT2D eigenvalue weighted by Gasteiger charge is 2.20. The molecule has 2 heterocycles. The molecule has 0 atom stereocenters. The SMILES string of the molecule is Cc1cc(-c2coc3ccccc23)nc(C(C)(C)N)n1. The maximum absolute atomic E-state index is 6.11. The number of nitrogens with zero attached hydrogens (tertiary/aromatic N) is 2. The third-order valence-electron chi connectivity index (χ3n) is 3.19. The highest BCUT2D eigenvalue weighted by atomic mass is 16.3. The summed E-state index contributed by atoms with van der Waals surface area (Å²) in [7, 11) is 0. The zero-order valence-corrected chi connectivity index (χ0v) is 11.8. The van der Waals surface area contributed by atoms with Crippen LogP contribution >= 0.6 is 0 Å². The molecule has 0 aliphatic heterocycles. The van der Waals surface area contributed by atoms with Gasteiger partial charge in [0.1, 0.15) is 17.7 Å². The predicted molar refractivity (Wildman–Crippen MR) is 79.2 cm³/mol. The summed E-state index contributed by atoms with van der Waals surface area (Å²) < 4.78 is 5.58. The van der Waals surface area contributed by atoms with Crippen molar-refractivity contribution in [3.8, 4) is 11.3 Å². The number of fused-ring (bicyclic) bond motifs is 1. The molecule has 1 aromatic carbocycles. The fourth-order valence-corrected chi connectivity index (χ4v) is 2.17. The summed E-state index contributed by atoms with van der Waals surface area (Å²) in [5.41, 5.74) is 9.11. The fourth-order valence-electron chi connectivity index (χ4n) is 2.17. The first kappa shape index (κ1) is 12.8. The second-order valence-corrected chi connectivity index (χ2v) is 5.59. The van der Waals surface area contributed by atoms with Crippen molar-refractivity contribution in [1.82, 2.24) is 9.97 Å². The van der Waals surface area contributed by atoms with Gasteiger partial charge >= 0.3 is 0 Å². The molecule has 0 aliphatic carbocycles. The summed E-state index contributed by atoms with van der Waals surface area (Å²) in [5, 5.41) is 1.05. The molecular formula is C16H17N3O. The molecule has 0 saturated carbocycles. The Bertz CT molecular complexity index is 769. The van der Waals surface area contributed by atoms with E-state index in [0.717, 1.165) is 27.9 Å². The Morgan fingerprint density at radius 3 is 2.65 bits per heavy atom. The summed E-state index contributed by atoms with van der Waals surface area (Å²) in [5.74, 6) is 0.637. The fraction of sp³-hybridized carbons (Fsp3) is 0.250. The number of hydrogen-bond acceptors (Lipinski definition) is 4. The van der Waals surface area contributed by atoms with E-state index in [1.54, 1.807) is 6.26 Å². The molecule has 4 nitrogen and oxygen atoms in total. The molecule has 0 bridgehead atoms. The highest BCUT2D eigenvalue weighted by molar-refractivity contribution is 5.92. The van der Waals surface area contributed by atoms with Gasteiger partial charge in [0, 0.05) is 16.6 Å². The largest absolute Gasteiger partial charge is 0.464 e. The molecule has 3 aromatic rings. The van der Waals surface area contributed by atoms with Crippen molar-refractivity contribution in [2.45, 2.75) is 26.3 Å². The molecule has 4 heteroatoms. The maximum atomic E-state index is 6.11. The summed E-state index contributed by atoms with van der Waals surface area (Å²) in [6.07, 6.45) is 1.74. The van der Waals surface area contributed by atoms with Crippen LogP contribution in [0.3, 0.4) is 0 Å². The Labute approximate surface area is 117 Å². The minimum absolute atomic E-state index is 0.569. The predicted octanol–water partition coefficient (Wildman–Crippen LogP) is 3.39. The number of furan rings is 1. The standard InChI is InChI=1S/C16H17N3O/c1-10-8-13(19-15(18-10)16(2,3)17)12-9-20-14-7-5-4-6-11(12)14/h4-9H,17H2,1-3H3. The molecule has 3 rings (SSSR count). The molecule has 2 N–H and O–H groups in total. The minimum Gasteiger partial charge on any atom is -0.464 e. The highest BCUT2D eigenvalue weighted by Crippen LogP contribution is 2.30. The van der Waals surface area contributed by atoms with Crippen molar-refractivity contribution in [3.05, 3.63) is 48.1 Å². The Kier molecular flexibility index (Phi) is 2.83. The van der Waals surface area contributed by atoms with E-state index in [1.165, 1.54) is 0 Å². The molecule has 0 radical (unpaired) electrons. The van der Waals surface area contributed by atoms with Gasteiger partial charge in [-0.2, -0.15) is 0 Å². The zero-order chi connectivity index (χ0) is 14.3. The zero-order valence-electron chi connectivity index (χ0n) is 11.8. The van der Waals surface area contributed by atoms with Gasteiger partial charge in [-0.05, 0) is 32.9 Å². The smallest absolute Gasteiger partial charge is 0.148 e. The van der Waals surface area contributed by atoms with E-state index in [0.29, 0.717) is 5.82 Å². The second-order valence-electron chi connectivity index (χ2n) is 5.59. The number of benzene rings is 1. The lowest BCUT2D eigenvalue weighted by atomic mass is 10.0. The molecule has 2 aromatic heterocycles. The van der Waals surface area contributed by atoms with Crippen LogP contribution in [0, 0.1) is 6.92 Å². The third kappa shape index (κ3) is 2.18. The lowest BCUT2D eigenvalue weighted by Gasteiger charge is -2.17. The molecule has 20 heavy (non-hydrogen) atoms. The van der Waals surface area contributed by atoms with Gasteiger partial charge in [-0.3, -0.25) is 0 Å². The first-order valence-corrected chi connectivity index (χ1v) is 6.57. The Morgan fingerprint density at radius 1 is 1.15 bits per heavy atom. The molecule has 0 spiro atoms. The van der Waals surface area contributed by atoms with Crippen LogP contribution in [0.25, 0.3) is 22.2 Å². The number of nitrogens with two attached hydrogens (primary N) is 1. The number of aromatic nitrogens is 2. The van der Waals surface area contributed by atoms with Gasteiger partial charge in [0.25, 0.3) is 0 Å². The van der Waals surface area contributed by atoms with Gasteiger partial charge in [0.05, 0.1) is 11.2 Å². The van der Waals surface area contributed by atoms with Gasteiger partial charge in [0.15, 0.2) is 0 Å². The van der Waals surface area contributed by atoms with Crippen molar-refractivity contribution in [2.75, 3.05) is 0 Å². The van der Waals surface area contributed by atoms with Crippen LogP contribution < -0.4 is 5.73 Å². The Hall–Kier alpha value is -2.20. The molecule has 102 valence electrons. The lowest BCUT2D eigenvalue weighted by Crippen LogP contribution is -2.31. The van der Waals surface area contributed by atoms with E-state index in [9.17, 15) is 0 Å². The quantitative estimate of drug-likeness (QED) is 0.773. The topological polar surface area (TPSA) is 64.9 Å².